The van der Waals surface area contributed by atoms with E-state index in [0.717, 1.165) is 10.0 Å². The number of hydrogen-bond donors (Lipinski definition) is 1. The summed E-state index contributed by atoms with van der Waals surface area (Å²) in [6, 6.07) is 10.7. The predicted octanol–water partition coefficient (Wildman–Crippen LogP) is 4.44. The van der Waals surface area contributed by atoms with E-state index in [9.17, 15) is 14.0 Å². The molecule has 6 heteroatoms. The third-order valence-electron chi connectivity index (χ3n) is 3.80. The summed E-state index contributed by atoms with van der Waals surface area (Å²) in [6.07, 6.45) is 0.161. The molecule has 0 aliphatic carbocycles. The number of methoxy groups -OCH3 is 1. The van der Waals surface area contributed by atoms with Crippen LogP contribution in [0.3, 0.4) is 0 Å². The summed E-state index contributed by atoms with van der Waals surface area (Å²) in [5.74, 6) is -0.0779. The number of amides is 1. The highest BCUT2D eigenvalue weighted by atomic mass is 79.9. The first kappa shape index (κ1) is 19.1. The molecule has 0 heterocycles. The van der Waals surface area contributed by atoms with Crippen molar-refractivity contribution in [3.05, 3.63) is 63.9 Å². The van der Waals surface area contributed by atoms with E-state index in [4.69, 9.17) is 4.74 Å². The van der Waals surface area contributed by atoms with Crippen molar-refractivity contribution in [3.63, 3.8) is 0 Å². The molecule has 0 radical (unpaired) electrons. The van der Waals surface area contributed by atoms with Crippen LogP contribution in [-0.2, 0) is 4.79 Å². The first-order valence-electron chi connectivity index (χ1n) is 7.82. The molecule has 2 aromatic rings. The lowest BCUT2D eigenvalue weighted by Gasteiger charge is -2.15. The summed E-state index contributed by atoms with van der Waals surface area (Å²) >= 11 is 3.41. The number of nitrogens with one attached hydrogen (secondary N) is 1. The quantitative estimate of drug-likeness (QED) is 0.690. The third-order valence-corrected chi connectivity index (χ3v) is 4.42. The first-order chi connectivity index (χ1) is 11.9. The van der Waals surface area contributed by atoms with Gasteiger partial charge in [-0.05, 0) is 64.8 Å². The lowest BCUT2D eigenvalue weighted by atomic mass is 10.1. The molecule has 25 heavy (non-hydrogen) atoms. The molecular formula is C19H19BrFNO3. The Morgan fingerprint density at radius 1 is 1.16 bits per heavy atom. The van der Waals surface area contributed by atoms with Gasteiger partial charge in [0.1, 0.15) is 11.6 Å². The maximum absolute atomic E-state index is 12.9. The Morgan fingerprint density at radius 3 is 2.44 bits per heavy atom. The number of hydrogen-bond acceptors (Lipinski definition) is 3. The molecule has 1 atom stereocenters. The molecule has 0 unspecified atom stereocenters. The van der Waals surface area contributed by atoms with Crippen molar-refractivity contribution in [1.29, 1.82) is 0 Å². The Balaban J connectivity index is 1.88. The molecule has 0 aliphatic heterocycles. The third kappa shape index (κ3) is 5.39. The van der Waals surface area contributed by atoms with Crippen LogP contribution in [0.4, 0.5) is 4.39 Å². The van der Waals surface area contributed by atoms with E-state index in [1.807, 2.05) is 25.1 Å². The van der Waals surface area contributed by atoms with Crippen molar-refractivity contribution in [2.24, 2.45) is 0 Å². The molecule has 0 bridgehead atoms. The van der Waals surface area contributed by atoms with Gasteiger partial charge in [-0.1, -0.05) is 6.07 Å². The summed E-state index contributed by atoms with van der Waals surface area (Å²) in [5, 5.41) is 2.86. The minimum absolute atomic E-state index is 0.0799. The smallest absolute Gasteiger partial charge is 0.220 e. The zero-order chi connectivity index (χ0) is 18.4. The zero-order valence-electron chi connectivity index (χ0n) is 14.0. The summed E-state index contributed by atoms with van der Waals surface area (Å²) in [6.45, 7) is 1.87. The molecule has 0 spiro atoms. The number of carbonyl (C=O) groups excluding carboxylic acids is 2. The van der Waals surface area contributed by atoms with Gasteiger partial charge in [0.2, 0.25) is 5.91 Å². The van der Waals surface area contributed by atoms with Gasteiger partial charge in [-0.25, -0.2) is 4.39 Å². The average Bonchev–Trinajstić information content (AvgIpc) is 2.60. The minimum atomic E-state index is -0.395. The van der Waals surface area contributed by atoms with Crippen LogP contribution in [0.25, 0.3) is 0 Å². The second-order valence-electron chi connectivity index (χ2n) is 5.61. The molecule has 0 saturated carbocycles. The maximum Gasteiger partial charge on any atom is 0.220 e. The number of ether oxygens (including phenoxy) is 1. The average molecular weight is 408 g/mol. The monoisotopic (exact) mass is 407 g/mol. The number of rotatable bonds is 7. The number of Topliss-reactive ketones (excluding diaryl/α,β-unsaturated/α-hetero) is 1. The van der Waals surface area contributed by atoms with Crippen molar-refractivity contribution in [1.82, 2.24) is 5.32 Å². The predicted molar refractivity (Wildman–Crippen MR) is 97.2 cm³/mol. The lowest BCUT2D eigenvalue weighted by Crippen LogP contribution is -2.27. The normalized spacial score (nSPS) is 11.7. The Hall–Kier alpha value is -2.21. The summed E-state index contributed by atoms with van der Waals surface area (Å²) < 4.78 is 18.8. The van der Waals surface area contributed by atoms with Crippen molar-refractivity contribution >= 4 is 27.6 Å². The van der Waals surface area contributed by atoms with Gasteiger partial charge in [-0.2, -0.15) is 0 Å². The van der Waals surface area contributed by atoms with Gasteiger partial charge in [0.15, 0.2) is 5.78 Å². The van der Waals surface area contributed by atoms with Gasteiger partial charge in [0, 0.05) is 18.4 Å². The molecule has 0 aliphatic rings. The van der Waals surface area contributed by atoms with Crippen LogP contribution in [0.5, 0.6) is 5.75 Å². The summed E-state index contributed by atoms with van der Waals surface area (Å²) in [5.41, 5.74) is 1.33. The molecule has 0 saturated heterocycles. The van der Waals surface area contributed by atoms with Gasteiger partial charge in [0.05, 0.1) is 17.6 Å². The summed E-state index contributed by atoms with van der Waals surface area (Å²) in [4.78, 5) is 24.1. The van der Waals surface area contributed by atoms with Crippen molar-refractivity contribution in [3.8, 4) is 5.75 Å². The number of benzene rings is 2. The van der Waals surface area contributed by atoms with Crippen LogP contribution in [-0.4, -0.2) is 18.8 Å². The van der Waals surface area contributed by atoms with Crippen LogP contribution in [0.15, 0.2) is 46.9 Å². The summed E-state index contributed by atoms with van der Waals surface area (Å²) in [7, 11) is 1.59. The minimum Gasteiger partial charge on any atom is -0.496 e. The van der Waals surface area contributed by atoms with Crippen LogP contribution in [0, 0.1) is 5.82 Å². The fourth-order valence-electron chi connectivity index (χ4n) is 2.36. The molecule has 1 amide bonds. The Labute approximate surface area is 154 Å². The van der Waals surface area contributed by atoms with E-state index in [1.54, 1.807) is 7.11 Å². The fraction of sp³-hybridized carbons (Fsp3) is 0.263. The van der Waals surface area contributed by atoms with Crippen LogP contribution < -0.4 is 10.1 Å². The largest absolute Gasteiger partial charge is 0.496 e. The van der Waals surface area contributed by atoms with Crippen molar-refractivity contribution in [2.75, 3.05) is 7.11 Å². The number of carbonyl (C=O) groups is 2. The van der Waals surface area contributed by atoms with Gasteiger partial charge in [0.25, 0.3) is 0 Å². The van der Waals surface area contributed by atoms with Crippen LogP contribution in [0.2, 0.25) is 0 Å². The molecule has 0 aromatic heterocycles. The molecule has 2 aromatic carbocycles. The van der Waals surface area contributed by atoms with Crippen molar-refractivity contribution in [2.45, 2.75) is 25.8 Å². The molecule has 132 valence electrons. The van der Waals surface area contributed by atoms with E-state index in [0.29, 0.717) is 11.3 Å². The topological polar surface area (TPSA) is 55.4 Å². The standard InChI is InChI=1S/C19H19BrFNO3/c1-12(14-5-9-18(25-2)16(20)11-14)22-19(24)10-8-17(23)13-3-6-15(21)7-4-13/h3-7,9,11-12H,8,10H2,1-2H3,(H,22,24)/t12-/m1/s1. The maximum atomic E-state index is 12.9. The molecule has 1 N–H and O–H groups in total. The van der Waals surface area contributed by atoms with E-state index < -0.39 is 5.82 Å². The van der Waals surface area contributed by atoms with E-state index >= 15 is 0 Å². The van der Waals surface area contributed by atoms with Gasteiger partial charge < -0.3 is 10.1 Å². The SMILES string of the molecule is COc1ccc([C@@H](C)NC(=O)CCC(=O)c2ccc(F)cc2)cc1Br. The van der Waals surface area contributed by atoms with Crippen LogP contribution in [0.1, 0.15) is 41.7 Å². The van der Waals surface area contributed by atoms with E-state index in [-0.39, 0.29) is 30.6 Å². The molecule has 4 nitrogen and oxygen atoms in total. The fourth-order valence-corrected chi connectivity index (χ4v) is 2.91. The van der Waals surface area contributed by atoms with E-state index in [2.05, 4.69) is 21.2 Å². The second kappa shape index (κ2) is 8.76. The highest BCUT2D eigenvalue weighted by Gasteiger charge is 2.14. The van der Waals surface area contributed by atoms with E-state index in [1.165, 1.54) is 24.3 Å². The highest BCUT2D eigenvalue weighted by Crippen LogP contribution is 2.28. The second-order valence-corrected chi connectivity index (χ2v) is 6.47. The molecule has 0 fully saturated rings. The van der Waals surface area contributed by atoms with Crippen LogP contribution >= 0.6 is 15.9 Å². The molecule has 2 rings (SSSR count). The van der Waals surface area contributed by atoms with Gasteiger partial charge >= 0.3 is 0 Å². The van der Waals surface area contributed by atoms with Gasteiger partial charge in [-0.15, -0.1) is 0 Å². The highest BCUT2D eigenvalue weighted by molar-refractivity contribution is 9.10. The molecular weight excluding hydrogens is 389 g/mol. The van der Waals surface area contributed by atoms with Crippen molar-refractivity contribution < 1.29 is 18.7 Å². The first-order valence-corrected chi connectivity index (χ1v) is 8.61. The van der Waals surface area contributed by atoms with Gasteiger partial charge in [-0.3, -0.25) is 9.59 Å². The Kier molecular flexibility index (Phi) is 6.70. The zero-order valence-corrected chi connectivity index (χ0v) is 15.6. The number of ketones is 1. The lowest BCUT2D eigenvalue weighted by molar-refractivity contribution is -0.121. The Morgan fingerprint density at radius 2 is 1.84 bits per heavy atom. The Bertz CT molecular complexity index is 762. The number of halogens is 2.